The van der Waals surface area contributed by atoms with Crippen molar-refractivity contribution >= 4 is 64.2 Å². The summed E-state index contributed by atoms with van der Waals surface area (Å²) in [5.74, 6) is 0.213. The Labute approximate surface area is 229 Å². The van der Waals surface area contributed by atoms with E-state index >= 15 is 0 Å². The molecule has 3 aromatic rings. The molecule has 3 aromatic carbocycles. The van der Waals surface area contributed by atoms with Crippen LogP contribution in [0.25, 0.3) is 6.08 Å². The van der Waals surface area contributed by atoms with Gasteiger partial charge in [0.15, 0.2) is 5.11 Å². The zero-order valence-corrected chi connectivity index (χ0v) is 22.3. The number of anilines is 1. The Balaban J connectivity index is 1.68. The van der Waals surface area contributed by atoms with Crippen LogP contribution in [0.15, 0.2) is 72.4 Å². The van der Waals surface area contributed by atoms with Gasteiger partial charge in [-0.25, -0.2) is 0 Å². The van der Waals surface area contributed by atoms with Gasteiger partial charge in [-0.15, -0.1) is 0 Å². The lowest BCUT2D eigenvalue weighted by Crippen LogP contribution is -2.35. The third-order valence-corrected chi connectivity index (χ3v) is 6.58. The molecule has 0 unspecified atom stereocenters. The number of hydrogen-bond acceptors (Lipinski definition) is 6. The molecule has 0 aliphatic carbocycles. The molecule has 7 nitrogen and oxygen atoms in total. The van der Waals surface area contributed by atoms with Gasteiger partial charge in [0.25, 0.3) is 5.91 Å². The van der Waals surface area contributed by atoms with Crippen LogP contribution >= 0.6 is 35.4 Å². The molecule has 1 amide bonds. The molecular formula is C27H22Cl2N2O5S. The van der Waals surface area contributed by atoms with Crippen molar-refractivity contribution in [2.24, 2.45) is 0 Å². The molecule has 1 aliphatic rings. The van der Waals surface area contributed by atoms with Gasteiger partial charge in [0.05, 0.1) is 19.9 Å². The van der Waals surface area contributed by atoms with Crippen molar-refractivity contribution < 1.29 is 23.8 Å². The van der Waals surface area contributed by atoms with Crippen LogP contribution in [0.3, 0.4) is 0 Å². The maximum absolute atomic E-state index is 13.6. The number of rotatable bonds is 8. The van der Waals surface area contributed by atoms with E-state index in [1.165, 1.54) is 16.9 Å². The van der Waals surface area contributed by atoms with Crippen molar-refractivity contribution in [2.45, 2.75) is 6.61 Å². The van der Waals surface area contributed by atoms with E-state index in [9.17, 15) is 9.59 Å². The van der Waals surface area contributed by atoms with Crippen LogP contribution in [-0.2, 0) is 20.9 Å². The van der Waals surface area contributed by atoms with Crippen molar-refractivity contribution in [3.63, 3.8) is 0 Å². The molecular weight excluding hydrogens is 535 g/mol. The predicted octanol–water partition coefficient (Wildman–Crippen LogP) is 5.73. The van der Waals surface area contributed by atoms with Gasteiger partial charge in [0, 0.05) is 21.2 Å². The second-order valence-electron chi connectivity index (χ2n) is 7.88. The monoisotopic (exact) mass is 556 g/mol. The topological polar surface area (TPSA) is 68.3 Å². The van der Waals surface area contributed by atoms with Crippen molar-refractivity contribution in [3.8, 4) is 11.5 Å². The maximum atomic E-state index is 13.6. The molecule has 1 aliphatic heterocycles. The van der Waals surface area contributed by atoms with E-state index in [-0.39, 0.29) is 24.0 Å². The first-order chi connectivity index (χ1) is 17.8. The number of benzene rings is 3. The summed E-state index contributed by atoms with van der Waals surface area (Å²) in [6, 6.07) is 19.3. The van der Waals surface area contributed by atoms with Crippen molar-refractivity contribution in [2.75, 3.05) is 25.7 Å². The number of esters is 1. The number of ether oxygens (including phenoxy) is 3. The van der Waals surface area contributed by atoms with E-state index in [1.54, 1.807) is 67.8 Å². The number of para-hydroxylation sites is 1. The van der Waals surface area contributed by atoms with Crippen LogP contribution in [0.1, 0.15) is 11.1 Å². The fourth-order valence-corrected chi connectivity index (χ4v) is 4.47. The van der Waals surface area contributed by atoms with Crippen LogP contribution in [-0.4, -0.2) is 42.7 Å². The van der Waals surface area contributed by atoms with E-state index in [2.05, 4.69) is 0 Å². The highest BCUT2D eigenvalue weighted by Crippen LogP contribution is 2.32. The lowest BCUT2D eigenvalue weighted by Gasteiger charge is -2.19. The Kier molecular flexibility index (Phi) is 8.33. The summed E-state index contributed by atoms with van der Waals surface area (Å²) in [6.45, 7) is -0.0463. The first-order valence-electron chi connectivity index (χ1n) is 11.1. The van der Waals surface area contributed by atoms with Gasteiger partial charge in [-0.1, -0.05) is 47.5 Å². The van der Waals surface area contributed by atoms with Gasteiger partial charge in [-0.3, -0.25) is 14.5 Å². The number of carbonyl (C=O) groups excluding carboxylic acids is 2. The number of carbonyl (C=O) groups is 2. The van der Waals surface area contributed by atoms with Gasteiger partial charge in [0.1, 0.15) is 30.3 Å². The SMILES string of the molecule is COC(=O)CN1C(=S)N(c2ccc(OC)cc2)C(=O)/C1=C/c1ccccc1OCc1ccc(Cl)cc1Cl. The maximum Gasteiger partial charge on any atom is 0.325 e. The summed E-state index contributed by atoms with van der Waals surface area (Å²) in [7, 11) is 2.83. The smallest absolute Gasteiger partial charge is 0.325 e. The van der Waals surface area contributed by atoms with Crippen molar-refractivity contribution in [1.29, 1.82) is 0 Å². The first kappa shape index (κ1) is 26.5. The highest BCUT2D eigenvalue weighted by molar-refractivity contribution is 7.80. The van der Waals surface area contributed by atoms with Crippen LogP contribution in [0.5, 0.6) is 11.5 Å². The van der Waals surface area contributed by atoms with Crippen molar-refractivity contribution in [1.82, 2.24) is 4.90 Å². The molecule has 0 spiro atoms. The minimum atomic E-state index is -0.542. The molecule has 10 heteroatoms. The fourth-order valence-electron chi connectivity index (χ4n) is 3.66. The molecule has 37 heavy (non-hydrogen) atoms. The van der Waals surface area contributed by atoms with Gasteiger partial charge in [-0.05, 0) is 60.8 Å². The lowest BCUT2D eigenvalue weighted by molar-refractivity contribution is -0.140. The van der Waals surface area contributed by atoms with Gasteiger partial charge in [-0.2, -0.15) is 0 Å². The largest absolute Gasteiger partial charge is 0.497 e. The van der Waals surface area contributed by atoms with Gasteiger partial charge < -0.3 is 19.1 Å². The second kappa shape index (κ2) is 11.6. The number of hydrogen-bond donors (Lipinski definition) is 0. The number of methoxy groups -OCH3 is 2. The molecule has 190 valence electrons. The van der Waals surface area contributed by atoms with E-state index in [0.29, 0.717) is 32.8 Å². The van der Waals surface area contributed by atoms with Crippen LogP contribution < -0.4 is 14.4 Å². The summed E-state index contributed by atoms with van der Waals surface area (Å²) in [5.41, 5.74) is 2.11. The van der Waals surface area contributed by atoms with Gasteiger partial charge >= 0.3 is 5.97 Å². The number of amides is 1. The number of halogens is 2. The fraction of sp³-hybridized carbons (Fsp3) is 0.148. The first-order valence-corrected chi connectivity index (χ1v) is 12.2. The highest BCUT2D eigenvalue weighted by atomic mass is 35.5. The average molecular weight is 557 g/mol. The Hall–Kier alpha value is -3.59. The summed E-state index contributed by atoms with van der Waals surface area (Å²) < 4.78 is 16.1. The molecule has 1 saturated heterocycles. The molecule has 0 radical (unpaired) electrons. The minimum Gasteiger partial charge on any atom is -0.497 e. The Morgan fingerprint density at radius 3 is 2.43 bits per heavy atom. The Morgan fingerprint density at radius 1 is 1.03 bits per heavy atom. The second-order valence-corrected chi connectivity index (χ2v) is 9.08. The predicted molar refractivity (Wildman–Crippen MR) is 147 cm³/mol. The normalized spacial score (nSPS) is 14.3. The van der Waals surface area contributed by atoms with Gasteiger partial charge in [0.2, 0.25) is 0 Å². The molecule has 4 rings (SSSR count). The zero-order valence-electron chi connectivity index (χ0n) is 19.9. The van der Waals surface area contributed by atoms with Crippen LogP contribution in [0.2, 0.25) is 10.0 Å². The quantitative estimate of drug-likeness (QED) is 0.199. The Bertz CT molecular complexity index is 1380. The molecule has 1 fully saturated rings. The molecule has 0 bridgehead atoms. The summed E-state index contributed by atoms with van der Waals surface area (Å²) in [4.78, 5) is 28.6. The number of thiocarbonyl (C=S) groups is 1. The standard InChI is InChI=1S/C27H22Cl2N2O5S/c1-34-21-11-9-20(10-12-21)31-26(33)23(30(27(31)37)15-25(32)35-2)13-17-5-3-4-6-24(17)36-16-18-7-8-19(28)14-22(18)29/h3-14H,15-16H2,1-2H3/b23-13-. The van der Waals surface area contributed by atoms with E-state index in [0.717, 1.165) is 5.56 Å². The zero-order chi connectivity index (χ0) is 26.5. The molecule has 0 atom stereocenters. The summed E-state index contributed by atoms with van der Waals surface area (Å²) in [6.07, 6.45) is 1.64. The third-order valence-electron chi connectivity index (χ3n) is 5.59. The molecule has 1 heterocycles. The summed E-state index contributed by atoms with van der Waals surface area (Å²) in [5, 5.41) is 1.17. The van der Waals surface area contributed by atoms with E-state index in [4.69, 9.17) is 49.6 Å². The minimum absolute atomic E-state index is 0.151. The average Bonchev–Trinajstić information content (AvgIpc) is 3.12. The molecule has 0 N–H and O–H groups in total. The molecule has 0 aromatic heterocycles. The van der Waals surface area contributed by atoms with E-state index < -0.39 is 11.9 Å². The Morgan fingerprint density at radius 2 is 1.76 bits per heavy atom. The van der Waals surface area contributed by atoms with Crippen LogP contribution in [0, 0.1) is 0 Å². The third kappa shape index (κ3) is 5.88. The van der Waals surface area contributed by atoms with Crippen LogP contribution in [0.4, 0.5) is 5.69 Å². The highest BCUT2D eigenvalue weighted by Gasteiger charge is 2.40. The molecule has 0 saturated carbocycles. The lowest BCUT2D eigenvalue weighted by atomic mass is 10.1. The number of nitrogens with zero attached hydrogens (tertiary/aromatic N) is 2. The summed E-state index contributed by atoms with van der Waals surface area (Å²) >= 11 is 17.9. The van der Waals surface area contributed by atoms with Crippen molar-refractivity contribution in [3.05, 3.63) is 93.6 Å². The van der Waals surface area contributed by atoms with E-state index in [1.807, 2.05) is 12.1 Å².